The first-order valence-corrected chi connectivity index (χ1v) is 8.21. The van der Waals surface area contributed by atoms with Crippen molar-refractivity contribution in [2.24, 2.45) is 0 Å². The normalized spacial score (nSPS) is 17.5. The van der Waals surface area contributed by atoms with E-state index in [9.17, 15) is 14.7 Å². The number of piperazine rings is 1. The Hall–Kier alpha value is -1.92. The van der Waals surface area contributed by atoms with Gasteiger partial charge in [-0.2, -0.15) is 0 Å². The molecule has 8 heteroatoms. The Bertz CT molecular complexity index is 666. The van der Waals surface area contributed by atoms with Gasteiger partial charge in [-0.1, -0.05) is 29.8 Å². The number of aromatic hydroxyl groups is 1. The highest BCUT2D eigenvalue weighted by atomic mass is 35.5. The number of hydrogen-bond donors (Lipinski definition) is 2. The summed E-state index contributed by atoms with van der Waals surface area (Å²) >= 11 is 11.7. The number of carbonyl (C=O) groups excluding carboxylic acids is 2. The Morgan fingerprint density at radius 2 is 2.04 bits per heavy atom. The van der Waals surface area contributed by atoms with Crippen LogP contribution in [0.15, 0.2) is 24.8 Å². The number of benzene rings is 1. The zero-order valence-corrected chi connectivity index (χ0v) is 14.8. The maximum absolute atomic E-state index is 12.3. The average molecular weight is 372 g/mol. The molecule has 1 heterocycles. The maximum atomic E-state index is 12.3. The van der Waals surface area contributed by atoms with E-state index in [0.29, 0.717) is 25.3 Å². The molecule has 0 radical (unpaired) electrons. The van der Waals surface area contributed by atoms with Crippen LogP contribution < -0.4 is 5.32 Å². The number of nitrogens with one attached hydrogen (secondary N) is 1. The molecule has 130 valence electrons. The maximum Gasteiger partial charge on any atom is 0.246 e. The standard InChI is InChI=1S/C16H19Cl2N3O3/c1-3-15(23)21-5-4-20(9-10(21)2)16(24)8-19-13-6-11(17)12(18)7-14(13)22/h3,6-7,10,19,22H,1,4-5,8-9H2,2H3/t10-/m0/s1. The van der Waals surface area contributed by atoms with E-state index in [4.69, 9.17) is 23.2 Å². The predicted octanol–water partition coefficient (Wildman–Crippen LogP) is 2.36. The molecular formula is C16H19Cl2N3O3. The van der Waals surface area contributed by atoms with E-state index >= 15 is 0 Å². The third-order valence-electron chi connectivity index (χ3n) is 3.91. The smallest absolute Gasteiger partial charge is 0.246 e. The van der Waals surface area contributed by atoms with Gasteiger partial charge in [-0.25, -0.2) is 0 Å². The topological polar surface area (TPSA) is 72.9 Å². The van der Waals surface area contributed by atoms with E-state index in [-0.39, 0.29) is 40.2 Å². The molecule has 0 saturated carbocycles. The summed E-state index contributed by atoms with van der Waals surface area (Å²) in [5.74, 6) is -0.335. The number of anilines is 1. The molecular weight excluding hydrogens is 353 g/mol. The van der Waals surface area contributed by atoms with E-state index in [2.05, 4.69) is 11.9 Å². The van der Waals surface area contributed by atoms with Gasteiger partial charge < -0.3 is 20.2 Å². The first-order chi connectivity index (χ1) is 11.3. The van der Waals surface area contributed by atoms with Crippen LogP contribution in [0.25, 0.3) is 0 Å². The van der Waals surface area contributed by atoms with Crippen molar-refractivity contribution in [1.29, 1.82) is 0 Å². The van der Waals surface area contributed by atoms with Crippen molar-refractivity contribution in [3.63, 3.8) is 0 Å². The number of nitrogens with zero attached hydrogens (tertiary/aromatic N) is 2. The Morgan fingerprint density at radius 1 is 1.38 bits per heavy atom. The van der Waals surface area contributed by atoms with E-state index in [1.54, 1.807) is 9.80 Å². The second kappa shape index (κ2) is 7.77. The number of amides is 2. The van der Waals surface area contributed by atoms with Gasteiger partial charge in [0, 0.05) is 31.7 Å². The molecule has 0 aliphatic carbocycles. The first kappa shape index (κ1) is 18.4. The molecule has 1 aromatic rings. The summed E-state index contributed by atoms with van der Waals surface area (Å²) in [5.41, 5.74) is 0.339. The highest BCUT2D eigenvalue weighted by molar-refractivity contribution is 6.42. The van der Waals surface area contributed by atoms with Crippen molar-refractivity contribution in [3.8, 4) is 5.75 Å². The van der Waals surface area contributed by atoms with Gasteiger partial charge in [0.2, 0.25) is 11.8 Å². The van der Waals surface area contributed by atoms with Gasteiger partial charge in [-0.05, 0) is 19.1 Å². The van der Waals surface area contributed by atoms with Crippen LogP contribution in [0.2, 0.25) is 10.0 Å². The summed E-state index contributed by atoms with van der Waals surface area (Å²) in [4.78, 5) is 27.4. The van der Waals surface area contributed by atoms with Crippen LogP contribution in [0.4, 0.5) is 5.69 Å². The lowest BCUT2D eigenvalue weighted by Crippen LogP contribution is -2.55. The van der Waals surface area contributed by atoms with Crippen molar-refractivity contribution >= 4 is 40.7 Å². The van der Waals surface area contributed by atoms with Gasteiger partial charge in [0.05, 0.1) is 22.3 Å². The monoisotopic (exact) mass is 371 g/mol. The summed E-state index contributed by atoms with van der Waals surface area (Å²) in [7, 11) is 0. The third kappa shape index (κ3) is 4.13. The van der Waals surface area contributed by atoms with Crippen LogP contribution >= 0.6 is 23.2 Å². The quantitative estimate of drug-likeness (QED) is 0.629. The molecule has 1 fully saturated rings. The van der Waals surface area contributed by atoms with Gasteiger partial charge in [-0.15, -0.1) is 0 Å². The van der Waals surface area contributed by atoms with Crippen molar-refractivity contribution in [3.05, 3.63) is 34.8 Å². The van der Waals surface area contributed by atoms with Crippen LogP contribution in [0.3, 0.4) is 0 Å². The SMILES string of the molecule is C=CC(=O)N1CCN(C(=O)CNc2cc(Cl)c(Cl)cc2O)C[C@@H]1C. The lowest BCUT2D eigenvalue weighted by atomic mass is 10.2. The molecule has 2 N–H and O–H groups in total. The van der Waals surface area contributed by atoms with Crippen molar-refractivity contribution in [2.45, 2.75) is 13.0 Å². The van der Waals surface area contributed by atoms with Crippen LogP contribution in [0.1, 0.15) is 6.92 Å². The Labute approximate surface area is 150 Å². The zero-order valence-electron chi connectivity index (χ0n) is 13.3. The fourth-order valence-electron chi connectivity index (χ4n) is 2.59. The second-order valence-electron chi connectivity index (χ2n) is 5.56. The molecule has 1 aliphatic rings. The molecule has 6 nitrogen and oxygen atoms in total. The average Bonchev–Trinajstić information content (AvgIpc) is 2.55. The molecule has 2 amide bonds. The van der Waals surface area contributed by atoms with Gasteiger partial charge >= 0.3 is 0 Å². The summed E-state index contributed by atoms with van der Waals surface area (Å²) < 4.78 is 0. The summed E-state index contributed by atoms with van der Waals surface area (Å²) in [6, 6.07) is 2.71. The van der Waals surface area contributed by atoms with Crippen LogP contribution in [-0.2, 0) is 9.59 Å². The fraction of sp³-hybridized carbons (Fsp3) is 0.375. The molecule has 2 rings (SSSR count). The number of phenols is 1. The van der Waals surface area contributed by atoms with E-state index in [1.165, 1.54) is 18.2 Å². The minimum atomic E-state index is -0.131. The summed E-state index contributed by atoms with van der Waals surface area (Å²) in [5, 5.41) is 13.2. The fourth-order valence-corrected chi connectivity index (χ4v) is 2.91. The number of halogens is 2. The van der Waals surface area contributed by atoms with Crippen molar-refractivity contribution < 1.29 is 14.7 Å². The molecule has 1 aromatic carbocycles. The molecule has 1 aliphatic heterocycles. The van der Waals surface area contributed by atoms with Gasteiger partial charge in [0.25, 0.3) is 0 Å². The van der Waals surface area contributed by atoms with E-state index in [0.717, 1.165) is 0 Å². The van der Waals surface area contributed by atoms with Crippen LogP contribution in [-0.4, -0.2) is 58.9 Å². The van der Waals surface area contributed by atoms with Crippen molar-refractivity contribution in [2.75, 3.05) is 31.5 Å². The molecule has 1 saturated heterocycles. The highest BCUT2D eigenvalue weighted by Crippen LogP contribution is 2.33. The van der Waals surface area contributed by atoms with Crippen LogP contribution in [0.5, 0.6) is 5.75 Å². The highest BCUT2D eigenvalue weighted by Gasteiger charge is 2.28. The van der Waals surface area contributed by atoms with E-state index in [1.807, 2.05) is 6.92 Å². The van der Waals surface area contributed by atoms with Crippen LogP contribution in [0, 0.1) is 0 Å². The number of hydrogen-bond acceptors (Lipinski definition) is 4. The Balaban J connectivity index is 1.93. The van der Waals surface area contributed by atoms with Gasteiger partial charge in [-0.3, -0.25) is 9.59 Å². The Morgan fingerprint density at radius 3 is 2.67 bits per heavy atom. The molecule has 0 unspecified atom stereocenters. The number of rotatable bonds is 4. The van der Waals surface area contributed by atoms with E-state index < -0.39 is 0 Å². The molecule has 1 atom stereocenters. The first-order valence-electron chi connectivity index (χ1n) is 7.46. The number of phenolic OH excluding ortho intramolecular Hbond substituents is 1. The Kier molecular flexibility index (Phi) is 5.96. The third-order valence-corrected chi connectivity index (χ3v) is 4.63. The lowest BCUT2D eigenvalue weighted by molar-refractivity contribution is -0.138. The molecule has 0 aromatic heterocycles. The molecule has 0 bridgehead atoms. The van der Waals surface area contributed by atoms with Gasteiger partial charge in [0.15, 0.2) is 0 Å². The predicted molar refractivity (Wildman–Crippen MR) is 94.6 cm³/mol. The zero-order chi connectivity index (χ0) is 17.9. The number of carbonyl (C=O) groups is 2. The lowest BCUT2D eigenvalue weighted by Gasteiger charge is -2.39. The van der Waals surface area contributed by atoms with Crippen molar-refractivity contribution in [1.82, 2.24) is 9.80 Å². The minimum Gasteiger partial charge on any atom is -0.506 e. The second-order valence-corrected chi connectivity index (χ2v) is 6.38. The minimum absolute atomic E-state index is 0.00759. The summed E-state index contributed by atoms with van der Waals surface area (Å²) in [6.45, 7) is 6.75. The molecule has 0 spiro atoms. The summed E-state index contributed by atoms with van der Waals surface area (Å²) in [6.07, 6.45) is 1.28. The van der Waals surface area contributed by atoms with Gasteiger partial charge in [0.1, 0.15) is 5.75 Å². The largest absolute Gasteiger partial charge is 0.506 e. The molecule has 24 heavy (non-hydrogen) atoms.